The topological polar surface area (TPSA) is 39.1 Å². The standard InChI is InChI=1S/C14H18ClN3/c1-18(10-11-5-2-3-8-17-11)14-7-4-6-13(15)12(14)9-16/h4,6-7,11,17H,2-3,5,8,10H2,1H3. The van der Waals surface area contributed by atoms with Gasteiger partial charge in [-0.1, -0.05) is 24.1 Å². The molecule has 0 bridgehead atoms. The number of nitriles is 1. The summed E-state index contributed by atoms with van der Waals surface area (Å²) < 4.78 is 0. The minimum atomic E-state index is 0.509. The fourth-order valence-electron chi connectivity index (χ4n) is 2.45. The number of nitrogens with one attached hydrogen (secondary N) is 1. The van der Waals surface area contributed by atoms with Crippen molar-refractivity contribution in [2.24, 2.45) is 0 Å². The Morgan fingerprint density at radius 2 is 2.33 bits per heavy atom. The van der Waals surface area contributed by atoms with Gasteiger partial charge in [-0.25, -0.2) is 0 Å². The van der Waals surface area contributed by atoms with Gasteiger partial charge in [-0.3, -0.25) is 0 Å². The van der Waals surface area contributed by atoms with Crippen molar-refractivity contribution in [3.8, 4) is 6.07 Å². The van der Waals surface area contributed by atoms with Gasteiger partial charge in [-0.2, -0.15) is 5.26 Å². The highest BCUT2D eigenvalue weighted by atomic mass is 35.5. The third-order valence-corrected chi connectivity index (χ3v) is 3.74. The van der Waals surface area contributed by atoms with Crippen LogP contribution in [0, 0.1) is 11.3 Å². The summed E-state index contributed by atoms with van der Waals surface area (Å²) in [4.78, 5) is 2.12. The predicted molar refractivity (Wildman–Crippen MR) is 75.1 cm³/mol. The van der Waals surface area contributed by atoms with Gasteiger partial charge in [0.25, 0.3) is 0 Å². The lowest BCUT2D eigenvalue weighted by atomic mass is 10.0. The number of piperidine rings is 1. The SMILES string of the molecule is CN(CC1CCCCN1)c1cccc(Cl)c1C#N. The van der Waals surface area contributed by atoms with E-state index in [0.29, 0.717) is 16.6 Å². The van der Waals surface area contributed by atoms with E-state index in [1.54, 1.807) is 6.07 Å². The van der Waals surface area contributed by atoms with E-state index in [9.17, 15) is 5.26 Å². The minimum absolute atomic E-state index is 0.509. The summed E-state index contributed by atoms with van der Waals surface area (Å²) >= 11 is 6.05. The first-order valence-corrected chi connectivity index (χ1v) is 6.73. The van der Waals surface area contributed by atoms with Crippen LogP contribution in [-0.4, -0.2) is 26.2 Å². The number of benzene rings is 1. The second-order valence-electron chi connectivity index (χ2n) is 4.77. The van der Waals surface area contributed by atoms with Crippen molar-refractivity contribution in [2.75, 3.05) is 25.0 Å². The lowest BCUT2D eigenvalue weighted by Gasteiger charge is -2.30. The first kappa shape index (κ1) is 13.2. The molecule has 1 aliphatic rings. The third-order valence-electron chi connectivity index (χ3n) is 3.42. The molecule has 0 aromatic heterocycles. The van der Waals surface area contributed by atoms with Crippen LogP contribution >= 0.6 is 11.6 Å². The molecule has 0 spiro atoms. The molecule has 4 heteroatoms. The van der Waals surface area contributed by atoms with Gasteiger partial charge < -0.3 is 10.2 Å². The number of hydrogen-bond acceptors (Lipinski definition) is 3. The van der Waals surface area contributed by atoms with Gasteiger partial charge in [0.15, 0.2) is 0 Å². The summed E-state index contributed by atoms with van der Waals surface area (Å²) in [5, 5.41) is 13.2. The van der Waals surface area contributed by atoms with Crippen LogP contribution in [0.3, 0.4) is 0 Å². The van der Waals surface area contributed by atoms with Gasteiger partial charge in [0, 0.05) is 19.6 Å². The molecule has 1 heterocycles. The van der Waals surface area contributed by atoms with Crippen molar-refractivity contribution >= 4 is 17.3 Å². The molecule has 1 N–H and O–H groups in total. The zero-order valence-electron chi connectivity index (χ0n) is 10.6. The molecule has 1 aromatic carbocycles. The minimum Gasteiger partial charge on any atom is -0.372 e. The van der Waals surface area contributed by atoms with Crippen molar-refractivity contribution in [3.63, 3.8) is 0 Å². The Kier molecular flexibility index (Phi) is 4.46. The van der Waals surface area contributed by atoms with Crippen molar-refractivity contribution in [1.29, 1.82) is 5.26 Å². The zero-order valence-corrected chi connectivity index (χ0v) is 11.4. The molecular formula is C14H18ClN3. The maximum Gasteiger partial charge on any atom is 0.103 e. The fourth-order valence-corrected chi connectivity index (χ4v) is 2.66. The van der Waals surface area contributed by atoms with Gasteiger partial charge in [0.05, 0.1) is 16.3 Å². The number of likely N-dealkylation sites (N-methyl/N-ethyl adjacent to an activating group) is 1. The van der Waals surface area contributed by atoms with E-state index in [1.165, 1.54) is 19.3 Å². The Labute approximate surface area is 113 Å². The number of anilines is 1. The average molecular weight is 264 g/mol. The first-order valence-electron chi connectivity index (χ1n) is 6.35. The van der Waals surface area contributed by atoms with Crippen LogP contribution in [0.1, 0.15) is 24.8 Å². The van der Waals surface area contributed by atoms with Crippen LogP contribution in [0.15, 0.2) is 18.2 Å². The van der Waals surface area contributed by atoms with Crippen molar-refractivity contribution in [1.82, 2.24) is 5.32 Å². The Hall–Kier alpha value is -1.24. The van der Waals surface area contributed by atoms with Crippen LogP contribution in [0.2, 0.25) is 5.02 Å². The van der Waals surface area contributed by atoms with Crippen molar-refractivity contribution < 1.29 is 0 Å². The molecule has 0 saturated carbocycles. The van der Waals surface area contributed by atoms with Gasteiger partial charge in [0.1, 0.15) is 6.07 Å². The highest BCUT2D eigenvalue weighted by Crippen LogP contribution is 2.26. The molecule has 0 aliphatic carbocycles. The Morgan fingerprint density at radius 3 is 3.00 bits per heavy atom. The van der Waals surface area contributed by atoms with Gasteiger partial charge in [0.2, 0.25) is 0 Å². The molecule has 0 radical (unpaired) electrons. The second kappa shape index (κ2) is 6.08. The average Bonchev–Trinajstić information content (AvgIpc) is 2.39. The summed E-state index contributed by atoms with van der Waals surface area (Å²) in [5.74, 6) is 0. The second-order valence-corrected chi connectivity index (χ2v) is 5.18. The molecule has 18 heavy (non-hydrogen) atoms. The van der Waals surface area contributed by atoms with E-state index in [4.69, 9.17) is 11.6 Å². The summed E-state index contributed by atoms with van der Waals surface area (Å²) in [5.41, 5.74) is 1.48. The number of hydrogen-bond donors (Lipinski definition) is 1. The van der Waals surface area contributed by atoms with Crippen LogP contribution in [0.4, 0.5) is 5.69 Å². The van der Waals surface area contributed by atoms with Crippen LogP contribution in [0.5, 0.6) is 0 Å². The van der Waals surface area contributed by atoms with E-state index in [0.717, 1.165) is 18.8 Å². The summed E-state index contributed by atoms with van der Waals surface area (Å²) in [6.07, 6.45) is 3.75. The van der Waals surface area contributed by atoms with Crippen LogP contribution in [-0.2, 0) is 0 Å². The van der Waals surface area contributed by atoms with Gasteiger partial charge in [-0.15, -0.1) is 0 Å². The van der Waals surface area contributed by atoms with Gasteiger partial charge >= 0.3 is 0 Å². The molecule has 1 atom stereocenters. The Morgan fingerprint density at radius 1 is 1.50 bits per heavy atom. The highest BCUT2D eigenvalue weighted by molar-refractivity contribution is 6.32. The fraction of sp³-hybridized carbons (Fsp3) is 0.500. The van der Waals surface area contributed by atoms with Crippen LogP contribution in [0.25, 0.3) is 0 Å². The quantitative estimate of drug-likeness (QED) is 0.912. The van der Waals surface area contributed by atoms with Crippen molar-refractivity contribution in [3.05, 3.63) is 28.8 Å². The van der Waals surface area contributed by atoms with E-state index in [2.05, 4.69) is 16.3 Å². The third kappa shape index (κ3) is 2.95. The largest absolute Gasteiger partial charge is 0.372 e. The van der Waals surface area contributed by atoms with E-state index in [1.807, 2.05) is 19.2 Å². The zero-order chi connectivity index (χ0) is 13.0. The molecule has 3 nitrogen and oxygen atoms in total. The number of nitrogens with zero attached hydrogens (tertiary/aromatic N) is 2. The normalized spacial score (nSPS) is 19.3. The van der Waals surface area contributed by atoms with Crippen molar-refractivity contribution in [2.45, 2.75) is 25.3 Å². The van der Waals surface area contributed by atoms with E-state index in [-0.39, 0.29) is 0 Å². The maximum atomic E-state index is 9.18. The Balaban J connectivity index is 2.11. The monoisotopic (exact) mass is 263 g/mol. The predicted octanol–water partition coefficient (Wildman–Crippen LogP) is 2.79. The summed E-state index contributed by atoms with van der Waals surface area (Å²) in [7, 11) is 2.02. The summed E-state index contributed by atoms with van der Waals surface area (Å²) in [6, 6.07) is 8.30. The molecule has 1 aliphatic heterocycles. The molecule has 1 fully saturated rings. The molecule has 1 unspecified atom stereocenters. The summed E-state index contributed by atoms with van der Waals surface area (Å²) in [6.45, 7) is 2.01. The lowest BCUT2D eigenvalue weighted by Crippen LogP contribution is -2.42. The molecule has 2 rings (SSSR count). The van der Waals surface area contributed by atoms with E-state index < -0.39 is 0 Å². The Bertz CT molecular complexity index is 447. The highest BCUT2D eigenvalue weighted by Gasteiger charge is 2.17. The number of halogens is 1. The molecule has 1 aromatic rings. The first-order chi connectivity index (χ1) is 8.72. The lowest BCUT2D eigenvalue weighted by molar-refractivity contribution is 0.403. The van der Waals surface area contributed by atoms with Crippen LogP contribution < -0.4 is 10.2 Å². The smallest absolute Gasteiger partial charge is 0.103 e. The molecule has 0 amide bonds. The molecular weight excluding hydrogens is 246 g/mol. The van der Waals surface area contributed by atoms with E-state index >= 15 is 0 Å². The number of rotatable bonds is 3. The maximum absolute atomic E-state index is 9.18. The molecule has 96 valence electrons. The molecule has 1 saturated heterocycles. The van der Waals surface area contributed by atoms with Gasteiger partial charge in [-0.05, 0) is 31.5 Å².